The zero-order valence-electron chi connectivity index (χ0n) is 10.4. The summed E-state index contributed by atoms with van der Waals surface area (Å²) in [6.07, 6.45) is 0. The minimum Gasteiger partial charge on any atom is -0.457 e. The lowest BCUT2D eigenvalue weighted by Gasteiger charge is -2.08. The van der Waals surface area contributed by atoms with Crippen LogP contribution in [0.15, 0.2) is 48.5 Å². The molecule has 0 saturated carbocycles. The molecule has 1 N–H and O–H groups in total. The van der Waals surface area contributed by atoms with E-state index in [9.17, 15) is 4.79 Å². The number of carbonyl (C=O) groups excluding carboxylic acids is 1. The predicted molar refractivity (Wildman–Crippen MR) is 72.0 cm³/mol. The highest BCUT2D eigenvalue weighted by Gasteiger charge is 2.00. The maximum atomic E-state index is 11.0. The van der Waals surface area contributed by atoms with Crippen LogP contribution in [0.1, 0.15) is 12.5 Å². The fraction of sp³-hybridized carbons (Fsp3) is 0.133. The Hall–Kier alpha value is -2.29. The number of hydrogen-bond acceptors (Lipinski definition) is 2. The van der Waals surface area contributed by atoms with Gasteiger partial charge in [0.1, 0.15) is 11.5 Å². The number of anilines is 1. The van der Waals surface area contributed by atoms with E-state index in [0.717, 1.165) is 17.0 Å². The van der Waals surface area contributed by atoms with Gasteiger partial charge in [-0.1, -0.05) is 18.2 Å². The number of ether oxygens (including phenoxy) is 1. The minimum atomic E-state index is -0.0947. The summed E-state index contributed by atoms with van der Waals surface area (Å²) < 4.78 is 5.73. The largest absolute Gasteiger partial charge is 0.457 e. The molecule has 3 nitrogen and oxygen atoms in total. The molecule has 0 aromatic heterocycles. The van der Waals surface area contributed by atoms with Gasteiger partial charge in [-0.05, 0) is 36.8 Å². The Morgan fingerprint density at radius 3 is 2.39 bits per heavy atom. The van der Waals surface area contributed by atoms with Gasteiger partial charge in [-0.2, -0.15) is 0 Å². The molecular formula is C15H15NO2. The average molecular weight is 241 g/mol. The zero-order valence-corrected chi connectivity index (χ0v) is 10.4. The van der Waals surface area contributed by atoms with Gasteiger partial charge in [0, 0.05) is 18.7 Å². The second-order valence-corrected chi connectivity index (χ2v) is 4.13. The van der Waals surface area contributed by atoms with Crippen molar-refractivity contribution in [2.24, 2.45) is 0 Å². The van der Waals surface area contributed by atoms with E-state index in [2.05, 4.69) is 5.32 Å². The van der Waals surface area contributed by atoms with Crippen molar-refractivity contribution in [1.82, 2.24) is 0 Å². The van der Waals surface area contributed by atoms with Crippen molar-refractivity contribution in [3.05, 3.63) is 54.1 Å². The Morgan fingerprint density at radius 2 is 1.72 bits per heavy atom. The molecule has 0 spiro atoms. The van der Waals surface area contributed by atoms with Gasteiger partial charge in [-0.25, -0.2) is 0 Å². The van der Waals surface area contributed by atoms with Crippen LogP contribution >= 0.6 is 0 Å². The lowest BCUT2D eigenvalue weighted by atomic mass is 10.2. The number of aryl methyl sites for hydroxylation is 1. The molecule has 0 unspecified atom stereocenters. The van der Waals surface area contributed by atoms with Crippen LogP contribution in [0.5, 0.6) is 11.5 Å². The Balaban J connectivity index is 2.16. The SMILES string of the molecule is CC(=O)Nc1cccc(Oc2cccc(C)c2)c1. The molecule has 3 heteroatoms. The topological polar surface area (TPSA) is 38.3 Å². The summed E-state index contributed by atoms with van der Waals surface area (Å²) in [5.41, 5.74) is 1.87. The predicted octanol–water partition coefficient (Wildman–Crippen LogP) is 3.75. The van der Waals surface area contributed by atoms with Gasteiger partial charge in [-0.15, -0.1) is 0 Å². The third-order valence-corrected chi connectivity index (χ3v) is 2.38. The van der Waals surface area contributed by atoms with Gasteiger partial charge in [0.15, 0.2) is 0 Å². The summed E-state index contributed by atoms with van der Waals surface area (Å²) in [6.45, 7) is 3.49. The first-order valence-corrected chi connectivity index (χ1v) is 5.76. The summed E-state index contributed by atoms with van der Waals surface area (Å²) in [5.74, 6) is 1.39. The highest BCUT2D eigenvalue weighted by Crippen LogP contribution is 2.24. The standard InChI is InChI=1S/C15H15NO2/c1-11-5-3-7-14(9-11)18-15-8-4-6-13(10-15)16-12(2)17/h3-10H,1-2H3,(H,16,17). The smallest absolute Gasteiger partial charge is 0.221 e. The quantitative estimate of drug-likeness (QED) is 0.888. The van der Waals surface area contributed by atoms with Gasteiger partial charge in [-0.3, -0.25) is 4.79 Å². The van der Waals surface area contributed by atoms with Gasteiger partial charge in [0.2, 0.25) is 5.91 Å². The first-order chi connectivity index (χ1) is 8.63. The van der Waals surface area contributed by atoms with E-state index in [1.54, 1.807) is 6.07 Å². The van der Waals surface area contributed by atoms with Crippen molar-refractivity contribution in [2.75, 3.05) is 5.32 Å². The van der Waals surface area contributed by atoms with E-state index in [1.165, 1.54) is 6.92 Å². The van der Waals surface area contributed by atoms with E-state index in [-0.39, 0.29) is 5.91 Å². The second-order valence-electron chi connectivity index (χ2n) is 4.13. The molecule has 1 amide bonds. The normalized spacial score (nSPS) is 9.89. The molecule has 2 aromatic carbocycles. The molecule has 2 aromatic rings. The van der Waals surface area contributed by atoms with Gasteiger partial charge in [0.25, 0.3) is 0 Å². The molecule has 0 atom stereocenters. The summed E-state index contributed by atoms with van der Waals surface area (Å²) in [7, 11) is 0. The first kappa shape index (κ1) is 12.2. The van der Waals surface area contributed by atoms with Crippen molar-refractivity contribution in [3.8, 4) is 11.5 Å². The minimum absolute atomic E-state index is 0.0947. The Bertz CT molecular complexity index is 564. The molecular weight excluding hydrogens is 226 g/mol. The second kappa shape index (κ2) is 5.36. The van der Waals surface area contributed by atoms with Gasteiger partial charge >= 0.3 is 0 Å². The molecule has 92 valence electrons. The summed E-state index contributed by atoms with van der Waals surface area (Å²) in [6, 6.07) is 15.1. The van der Waals surface area contributed by atoms with Crippen molar-refractivity contribution in [1.29, 1.82) is 0 Å². The van der Waals surface area contributed by atoms with Crippen LogP contribution in [0.4, 0.5) is 5.69 Å². The average Bonchev–Trinajstić information content (AvgIpc) is 2.28. The highest BCUT2D eigenvalue weighted by atomic mass is 16.5. The molecule has 0 fully saturated rings. The van der Waals surface area contributed by atoms with Gasteiger partial charge in [0.05, 0.1) is 0 Å². The van der Waals surface area contributed by atoms with E-state index in [4.69, 9.17) is 4.74 Å². The maximum Gasteiger partial charge on any atom is 0.221 e. The van der Waals surface area contributed by atoms with E-state index in [1.807, 2.05) is 49.4 Å². The fourth-order valence-corrected chi connectivity index (χ4v) is 1.66. The number of carbonyl (C=O) groups is 1. The number of benzene rings is 2. The molecule has 2 rings (SSSR count). The molecule has 0 aliphatic carbocycles. The molecule has 0 radical (unpaired) electrons. The maximum absolute atomic E-state index is 11.0. The molecule has 0 heterocycles. The first-order valence-electron chi connectivity index (χ1n) is 5.76. The van der Waals surface area contributed by atoms with Crippen LogP contribution in [-0.4, -0.2) is 5.91 Å². The molecule has 18 heavy (non-hydrogen) atoms. The number of amides is 1. The van der Waals surface area contributed by atoms with Crippen LogP contribution in [-0.2, 0) is 4.79 Å². The molecule has 0 aliphatic rings. The Labute approximate surface area is 106 Å². The Kier molecular flexibility index (Phi) is 3.63. The van der Waals surface area contributed by atoms with Crippen LogP contribution < -0.4 is 10.1 Å². The summed E-state index contributed by atoms with van der Waals surface area (Å²) in [5, 5.41) is 2.72. The zero-order chi connectivity index (χ0) is 13.0. The molecule has 0 bridgehead atoms. The lowest BCUT2D eigenvalue weighted by Crippen LogP contribution is -2.05. The van der Waals surface area contributed by atoms with Gasteiger partial charge < -0.3 is 10.1 Å². The monoisotopic (exact) mass is 241 g/mol. The third kappa shape index (κ3) is 3.35. The third-order valence-electron chi connectivity index (χ3n) is 2.38. The van der Waals surface area contributed by atoms with Crippen molar-refractivity contribution in [3.63, 3.8) is 0 Å². The van der Waals surface area contributed by atoms with Crippen LogP contribution in [0, 0.1) is 6.92 Å². The molecule has 0 aliphatic heterocycles. The number of rotatable bonds is 3. The van der Waals surface area contributed by atoms with Crippen LogP contribution in [0.2, 0.25) is 0 Å². The Morgan fingerprint density at radius 1 is 1.06 bits per heavy atom. The van der Waals surface area contributed by atoms with E-state index in [0.29, 0.717) is 5.75 Å². The van der Waals surface area contributed by atoms with E-state index < -0.39 is 0 Å². The summed E-state index contributed by atoms with van der Waals surface area (Å²) in [4.78, 5) is 11.0. The number of hydrogen-bond donors (Lipinski definition) is 1. The van der Waals surface area contributed by atoms with Crippen molar-refractivity contribution < 1.29 is 9.53 Å². The lowest BCUT2D eigenvalue weighted by molar-refractivity contribution is -0.114. The highest BCUT2D eigenvalue weighted by molar-refractivity contribution is 5.88. The molecule has 0 saturated heterocycles. The van der Waals surface area contributed by atoms with E-state index >= 15 is 0 Å². The summed E-state index contributed by atoms with van der Waals surface area (Å²) >= 11 is 0. The fourth-order valence-electron chi connectivity index (χ4n) is 1.66. The van der Waals surface area contributed by atoms with Crippen LogP contribution in [0.25, 0.3) is 0 Å². The van der Waals surface area contributed by atoms with Crippen molar-refractivity contribution in [2.45, 2.75) is 13.8 Å². The number of nitrogens with one attached hydrogen (secondary N) is 1. The van der Waals surface area contributed by atoms with Crippen molar-refractivity contribution >= 4 is 11.6 Å². The van der Waals surface area contributed by atoms with Crippen LogP contribution in [0.3, 0.4) is 0 Å².